The number of nitrogens with zero attached hydrogens (tertiary/aromatic N) is 1. The van der Waals surface area contributed by atoms with Gasteiger partial charge in [-0.05, 0) is 31.5 Å². The topological polar surface area (TPSA) is 52.6 Å². The van der Waals surface area contributed by atoms with Gasteiger partial charge in [0.05, 0.1) is 12.6 Å². The summed E-state index contributed by atoms with van der Waals surface area (Å²) in [6.07, 6.45) is 2.99. The number of rotatable bonds is 6. The fourth-order valence-electron chi connectivity index (χ4n) is 2.45. The largest absolute Gasteiger partial charge is 0.394 e. The SMILES string of the molecule is O=C(CCN1CCCC1)N[C@@H](CO)c1ccccc1. The van der Waals surface area contributed by atoms with Crippen LogP contribution in [-0.2, 0) is 4.79 Å². The number of hydrogen-bond acceptors (Lipinski definition) is 3. The average Bonchev–Trinajstić information content (AvgIpc) is 2.97. The monoisotopic (exact) mass is 262 g/mol. The van der Waals surface area contributed by atoms with Gasteiger partial charge in [0.25, 0.3) is 0 Å². The quantitative estimate of drug-likeness (QED) is 0.813. The molecule has 0 aliphatic carbocycles. The Kier molecular flexibility index (Phi) is 5.36. The van der Waals surface area contributed by atoms with Crippen LogP contribution in [0.25, 0.3) is 0 Å². The van der Waals surface area contributed by atoms with Crippen LogP contribution in [0.4, 0.5) is 0 Å². The second-order valence-corrected chi connectivity index (χ2v) is 5.01. The van der Waals surface area contributed by atoms with Gasteiger partial charge in [0.15, 0.2) is 0 Å². The summed E-state index contributed by atoms with van der Waals surface area (Å²) in [7, 11) is 0. The predicted molar refractivity (Wildman–Crippen MR) is 74.7 cm³/mol. The highest BCUT2D eigenvalue weighted by Crippen LogP contribution is 2.12. The van der Waals surface area contributed by atoms with Gasteiger partial charge in [-0.25, -0.2) is 0 Å². The van der Waals surface area contributed by atoms with Gasteiger partial charge in [-0.3, -0.25) is 4.79 Å². The van der Waals surface area contributed by atoms with Crippen molar-refractivity contribution in [3.63, 3.8) is 0 Å². The highest BCUT2D eigenvalue weighted by molar-refractivity contribution is 5.76. The Hall–Kier alpha value is -1.39. The van der Waals surface area contributed by atoms with Gasteiger partial charge in [0, 0.05) is 13.0 Å². The predicted octanol–water partition coefficient (Wildman–Crippen LogP) is 1.32. The first-order chi connectivity index (χ1) is 9.29. The van der Waals surface area contributed by atoms with Gasteiger partial charge in [-0.15, -0.1) is 0 Å². The van der Waals surface area contributed by atoms with Crippen molar-refractivity contribution in [2.24, 2.45) is 0 Å². The maximum absolute atomic E-state index is 11.9. The minimum atomic E-state index is -0.299. The number of carbonyl (C=O) groups excluding carboxylic acids is 1. The molecule has 1 amide bonds. The molecule has 2 rings (SSSR count). The summed E-state index contributed by atoms with van der Waals surface area (Å²) < 4.78 is 0. The molecule has 1 aliphatic rings. The van der Waals surface area contributed by atoms with Crippen LogP contribution in [0.3, 0.4) is 0 Å². The fraction of sp³-hybridized carbons (Fsp3) is 0.533. The van der Waals surface area contributed by atoms with Crippen LogP contribution >= 0.6 is 0 Å². The Balaban J connectivity index is 1.79. The molecule has 0 bridgehead atoms. The highest BCUT2D eigenvalue weighted by atomic mass is 16.3. The highest BCUT2D eigenvalue weighted by Gasteiger charge is 2.16. The summed E-state index contributed by atoms with van der Waals surface area (Å²) in [5, 5.41) is 12.3. The molecule has 1 fully saturated rings. The van der Waals surface area contributed by atoms with Crippen LogP contribution in [0, 0.1) is 0 Å². The molecule has 0 aromatic heterocycles. The van der Waals surface area contributed by atoms with E-state index in [0.29, 0.717) is 6.42 Å². The van der Waals surface area contributed by atoms with Crippen LogP contribution in [-0.4, -0.2) is 42.2 Å². The van der Waals surface area contributed by atoms with Gasteiger partial charge in [-0.2, -0.15) is 0 Å². The molecule has 2 N–H and O–H groups in total. The molecule has 1 heterocycles. The van der Waals surface area contributed by atoms with Gasteiger partial charge in [0.2, 0.25) is 5.91 Å². The summed E-state index contributed by atoms with van der Waals surface area (Å²) in [6.45, 7) is 2.96. The summed E-state index contributed by atoms with van der Waals surface area (Å²) >= 11 is 0. The molecule has 4 nitrogen and oxygen atoms in total. The first-order valence-corrected chi connectivity index (χ1v) is 6.97. The number of benzene rings is 1. The summed E-state index contributed by atoms with van der Waals surface area (Å²) in [4.78, 5) is 14.2. The zero-order valence-electron chi connectivity index (χ0n) is 11.2. The summed E-state index contributed by atoms with van der Waals surface area (Å²) in [5.41, 5.74) is 0.944. The smallest absolute Gasteiger partial charge is 0.221 e. The van der Waals surface area contributed by atoms with Crippen LogP contribution in [0.15, 0.2) is 30.3 Å². The Morgan fingerprint density at radius 3 is 2.58 bits per heavy atom. The molecule has 1 saturated heterocycles. The van der Waals surface area contributed by atoms with Crippen LogP contribution in [0.5, 0.6) is 0 Å². The van der Waals surface area contributed by atoms with Crippen molar-refractivity contribution in [3.05, 3.63) is 35.9 Å². The Morgan fingerprint density at radius 2 is 1.95 bits per heavy atom. The minimum absolute atomic E-state index is 0.00908. The van der Waals surface area contributed by atoms with E-state index in [1.54, 1.807) is 0 Å². The zero-order chi connectivity index (χ0) is 13.5. The molecule has 0 saturated carbocycles. The van der Waals surface area contributed by atoms with E-state index < -0.39 is 0 Å². The number of aliphatic hydroxyl groups excluding tert-OH is 1. The number of aliphatic hydroxyl groups is 1. The van der Waals surface area contributed by atoms with Crippen LogP contribution in [0.2, 0.25) is 0 Å². The van der Waals surface area contributed by atoms with E-state index in [2.05, 4.69) is 10.2 Å². The van der Waals surface area contributed by atoms with Crippen molar-refractivity contribution >= 4 is 5.91 Å². The Bertz CT molecular complexity index is 388. The number of amides is 1. The lowest BCUT2D eigenvalue weighted by atomic mass is 10.1. The summed E-state index contributed by atoms with van der Waals surface area (Å²) in [6, 6.07) is 9.28. The number of hydrogen-bond donors (Lipinski definition) is 2. The van der Waals surface area contributed by atoms with Crippen molar-refractivity contribution in [1.82, 2.24) is 10.2 Å². The lowest BCUT2D eigenvalue weighted by Crippen LogP contribution is -2.33. The second-order valence-electron chi connectivity index (χ2n) is 5.01. The number of carbonyl (C=O) groups is 1. The van der Waals surface area contributed by atoms with Gasteiger partial charge >= 0.3 is 0 Å². The van der Waals surface area contributed by atoms with Gasteiger partial charge in [0.1, 0.15) is 0 Å². The first kappa shape index (κ1) is 14.0. The molecule has 19 heavy (non-hydrogen) atoms. The molecule has 0 radical (unpaired) electrons. The van der Waals surface area contributed by atoms with Crippen molar-refractivity contribution in [3.8, 4) is 0 Å². The van der Waals surface area contributed by atoms with Gasteiger partial charge < -0.3 is 15.3 Å². The van der Waals surface area contributed by atoms with Crippen molar-refractivity contribution in [1.29, 1.82) is 0 Å². The second kappa shape index (κ2) is 7.26. The van der Waals surface area contributed by atoms with Crippen LogP contribution < -0.4 is 5.32 Å². The molecular formula is C15H22N2O2. The van der Waals surface area contributed by atoms with E-state index in [-0.39, 0.29) is 18.6 Å². The summed E-state index contributed by atoms with van der Waals surface area (Å²) in [5.74, 6) is 0.00908. The Labute approximate surface area is 114 Å². The standard InChI is InChI=1S/C15H22N2O2/c18-12-14(13-6-2-1-3-7-13)16-15(19)8-11-17-9-4-5-10-17/h1-3,6-7,14,18H,4-5,8-12H2,(H,16,19)/t14-/m0/s1. The van der Waals surface area contributed by atoms with E-state index in [0.717, 1.165) is 25.2 Å². The van der Waals surface area contributed by atoms with E-state index >= 15 is 0 Å². The molecule has 104 valence electrons. The normalized spacial score (nSPS) is 17.3. The third-order valence-electron chi connectivity index (χ3n) is 3.57. The molecule has 1 atom stereocenters. The molecule has 1 aromatic rings. The van der Waals surface area contributed by atoms with E-state index in [1.807, 2.05) is 30.3 Å². The third kappa shape index (κ3) is 4.33. The lowest BCUT2D eigenvalue weighted by molar-refractivity contribution is -0.122. The fourth-order valence-corrected chi connectivity index (χ4v) is 2.45. The van der Waals surface area contributed by atoms with Crippen molar-refractivity contribution < 1.29 is 9.90 Å². The molecule has 1 aromatic carbocycles. The molecule has 0 unspecified atom stereocenters. The maximum Gasteiger partial charge on any atom is 0.221 e. The van der Waals surface area contributed by atoms with E-state index in [9.17, 15) is 9.90 Å². The van der Waals surface area contributed by atoms with E-state index in [1.165, 1.54) is 12.8 Å². The first-order valence-electron chi connectivity index (χ1n) is 6.97. The number of nitrogens with one attached hydrogen (secondary N) is 1. The maximum atomic E-state index is 11.9. The zero-order valence-corrected chi connectivity index (χ0v) is 11.2. The number of likely N-dealkylation sites (tertiary alicyclic amines) is 1. The van der Waals surface area contributed by atoms with E-state index in [4.69, 9.17) is 0 Å². The minimum Gasteiger partial charge on any atom is -0.394 e. The van der Waals surface area contributed by atoms with Crippen molar-refractivity contribution in [2.45, 2.75) is 25.3 Å². The van der Waals surface area contributed by atoms with Crippen LogP contribution in [0.1, 0.15) is 30.9 Å². The molecule has 4 heteroatoms. The molecular weight excluding hydrogens is 240 g/mol. The van der Waals surface area contributed by atoms with Crippen molar-refractivity contribution in [2.75, 3.05) is 26.2 Å². The van der Waals surface area contributed by atoms with Gasteiger partial charge in [-0.1, -0.05) is 30.3 Å². The molecule has 0 spiro atoms. The molecule has 1 aliphatic heterocycles. The average molecular weight is 262 g/mol. The Morgan fingerprint density at radius 1 is 1.26 bits per heavy atom. The third-order valence-corrected chi connectivity index (χ3v) is 3.57. The lowest BCUT2D eigenvalue weighted by Gasteiger charge is -2.18.